The van der Waals surface area contributed by atoms with Crippen molar-refractivity contribution in [3.8, 4) is 0 Å². The number of nitrogens with two attached hydrogens (primary N) is 1. The van der Waals surface area contributed by atoms with E-state index in [9.17, 15) is 33.9 Å². The van der Waals surface area contributed by atoms with Gasteiger partial charge >= 0.3 is 15.6 Å². The van der Waals surface area contributed by atoms with Crippen LogP contribution in [0.15, 0.2) is 41.5 Å². The predicted molar refractivity (Wildman–Crippen MR) is 157 cm³/mol. The first-order valence-electron chi connectivity index (χ1n) is 13.1. The first kappa shape index (κ1) is 30.7. The molecule has 0 radical (unpaired) electrons. The van der Waals surface area contributed by atoms with Crippen molar-refractivity contribution < 1.29 is 52.0 Å². The fraction of sp³-hybridized carbons (Fsp3) is 0.409. The highest BCUT2D eigenvalue weighted by atomic mass is 127. The fourth-order valence-corrected chi connectivity index (χ4v) is 8.28. The Morgan fingerprint density at radius 1 is 1.07 bits per heavy atom. The number of hydrogen-bond acceptors (Lipinski definition) is 15. The standard InChI is InChI=1S/C22H23IN8O12P2/c23-9-2-30(19-12(9)18(24)25-5-26-19)22-15(33)17-11(41-22)4-40-45(37,38)42-16-10(1-8(14(16)32)3-39-44(35,36)43-17)31-7-29-13-20(31)27-6-28-21(13)34/h2,5-8,10,14-16,22,32-33H,1,3-4H2,(H,35,36)(H,37,38)(H2,24,25,26)(H,27,28,34)/t8-,10-,14?,15?,16?,22-/m1/s1. The molecule has 7 N–H and O–H groups in total. The maximum Gasteiger partial charge on any atom is 0.527 e. The fourth-order valence-electron chi connectivity index (χ4n) is 5.66. The molecule has 2 bridgehead atoms. The monoisotopic (exact) mass is 780 g/mol. The summed E-state index contributed by atoms with van der Waals surface area (Å²) in [6.45, 7) is -1.46. The molecule has 0 saturated heterocycles. The molecule has 8 atom stereocenters. The molecule has 1 saturated carbocycles. The quantitative estimate of drug-likeness (QED) is 0.119. The largest absolute Gasteiger partial charge is 0.527 e. The minimum Gasteiger partial charge on any atom is -0.465 e. The summed E-state index contributed by atoms with van der Waals surface area (Å²) in [4.78, 5) is 52.3. The molecule has 6 heterocycles. The third kappa shape index (κ3) is 5.35. The Kier molecular flexibility index (Phi) is 7.55. The van der Waals surface area contributed by atoms with Crippen LogP contribution in [-0.2, 0) is 32.0 Å². The van der Waals surface area contributed by atoms with Crippen molar-refractivity contribution in [3.05, 3.63) is 50.6 Å². The summed E-state index contributed by atoms with van der Waals surface area (Å²) in [6, 6.07) is -0.943. The maximum atomic E-state index is 13.2. The Bertz CT molecular complexity index is 2020. The van der Waals surface area contributed by atoms with Crippen LogP contribution in [0.3, 0.4) is 0 Å². The normalized spacial score (nSPS) is 34.2. The molecule has 240 valence electrons. The Morgan fingerprint density at radius 3 is 2.67 bits per heavy atom. The van der Waals surface area contributed by atoms with Gasteiger partial charge in [0.2, 0.25) is 6.23 Å². The number of aliphatic hydroxyl groups excluding tert-OH is 2. The van der Waals surface area contributed by atoms with Gasteiger partial charge < -0.3 is 39.7 Å². The predicted octanol–water partition coefficient (Wildman–Crippen LogP) is 0.424. The molecule has 0 aromatic carbocycles. The lowest BCUT2D eigenvalue weighted by atomic mass is 10.1. The van der Waals surface area contributed by atoms with E-state index < -0.39 is 82.4 Å². The molecule has 3 aliphatic rings. The second-order valence-corrected chi connectivity index (χ2v) is 14.3. The molecule has 45 heavy (non-hydrogen) atoms. The van der Waals surface area contributed by atoms with Crippen molar-refractivity contribution >= 4 is 66.3 Å². The molecular formula is C22H23IN8O12P2. The van der Waals surface area contributed by atoms with Crippen LogP contribution in [0, 0.1) is 9.49 Å². The van der Waals surface area contributed by atoms with Crippen molar-refractivity contribution in [3.63, 3.8) is 0 Å². The van der Waals surface area contributed by atoms with Gasteiger partial charge in [-0.1, -0.05) is 0 Å². The van der Waals surface area contributed by atoms with Gasteiger partial charge in [-0.15, -0.1) is 0 Å². The van der Waals surface area contributed by atoms with Crippen molar-refractivity contribution in [1.29, 1.82) is 0 Å². The minimum atomic E-state index is -5.03. The second-order valence-electron chi connectivity index (χ2n) is 10.4. The average molecular weight is 780 g/mol. The zero-order valence-electron chi connectivity index (χ0n) is 22.5. The Balaban J connectivity index is 1.22. The van der Waals surface area contributed by atoms with Crippen LogP contribution in [0.2, 0.25) is 0 Å². The Morgan fingerprint density at radius 2 is 1.87 bits per heavy atom. The Hall–Kier alpha value is -2.98. The molecule has 4 aromatic heterocycles. The maximum absolute atomic E-state index is 13.2. The van der Waals surface area contributed by atoms with E-state index in [0.29, 0.717) is 8.96 Å². The number of phosphoric ester groups is 2. The average Bonchev–Trinajstić information content (AvgIpc) is 3.71. The summed E-state index contributed by atoms with van der Waals surface area (Å²) in [7, 11) is -10.0. The van der Waals surface area contributed by atoms with Crippen molar-refractivity contribution in [2.45, 2.75) is 37.0 Å². The summed E-state index contributed by atoms with van der Waals surface area (Å²) < 4.78 is 56.7. The van der Waals surface area contributed by atoms with E-state index in [0.717, 1.165) is 6.33 Å². The van der Waals surface area contributed by atoms with E-state index >= 15 is 0 Å². The number of H-pyrrole nitrogens is 1. The first-order chi connectivity index (χ1) is 21.3. The SMILES string of the molecule is Nc1ncnc2c1c(I)cn2[C@@H]1OC2=C(OP(=O)(O)OC[C@H]3C[C@@H](n4cnc5c(=O)[nH]cnc54)C(OP(=O)(O)OC2)C3O)C1O. The number of aromatic amines is 1. The third-order valence-electron chi connectivity index (χ3n) is 7.69. The van der Waals surface area contributed by atoms with Gasteiger partial charge in [0.25, 0.3) is 5.56 Å². The Labute approximate surface area is 264 Å². The minimum absolute atomic E-state index is 0.0261. The highest BCUT2D eigenvalue weighted by Crippen LogP contribution is 2.55. The summed E-state index contributed by atoms with van der Waals surface area (Å²) >= 11 is 1.98. The lowest BCUT2D eigenvalue weighted by Crippen LogP contribution is -2.33. The number of anilines is 1. The van der Waals surface area contributed by atoms with Gasteiger partial charge in [0.05, 0.1) is 36.8 Å². The number of nitrogens with zero attached hydrogens (tertiary/aromatic N) is 6. The number of imidazole rings is 1. The van der Waals surface area contributed by atoms with Crippen LogP contribution in [0.5, 0.6) is 0 Å². The van der Waals surface area contributed by atoms with Crippen LogP contribution in [-0.4, -0.2) is 85.6 Å². The number of aliphatic hydroxyl groups is 2. The summed E-state index contributed by atoms with van der Waals surface area (Å²) in [5, 5.41) is 22.8. The molecule has 5 unspecified atom stereocenters. The molecule has 1 aliphatic carbocycles. The van der Waals surface area contributed by atoms with Crippen LogP contribution >= 0.6 is 38.2 Å². The molecule has 23 heteroatoms. The molecular weight excluding hydrogens is 757 g/mol. The second kappa shape index (κ2) is 11.1. The smallest absolute Gasteiger partial charge is 0.465 e. The molecule has 1 fully saturated rings. The lowest BCUT2D eigenvalue weighted by molar-refractivity contribution is -0.0236. The number of ether oxygens (including phenoxy) is 1. The summed E-state index contributed by atoms with van der Waals surface area (Å²) in [5.74, 6) is -1.82. The summed E-state index contributed by atoms with van der Waals surface area (Å²) in [6.07, 6.45) is -0.972. The van der Waals surface area contributed by atoms with Gasteiger partial charge in [-0.3, -0.25) is 27.8 Å². The number of hydrogen-bond donors (Lipinski definition) is 6. The van der Waals surface area contributed by atoms with E-state index in [4.69, 9.17) is 28.6 Å². The van der Waals surface area contributed by atoms with E-state index in [1.165, 1.54) is 21.8 Å². The lowest BCUT2D eigenvalue weighted by Gasteiger charge is -2.26. The van der Waals surface area contributed by atoms with E-state index in [1.54, 1.807) is 6.20 Å². The van der Waals surface area contributed by atoms with Gasteiger partial charge in [0.1, 0.15) is 30.5 Å². The van der Waals surface area contributed by atoms with Crippen molar-refractivity contribution in [1.82, 2.24) is 34.1 Å². The first-order valence-corrected chi connectivity index (χ1v) is 17.2. The molecule has 0 amide bonds. The van der Waals surface area contributed by atoms with Gasteiger partial charge in [0.15, 0.2) is 28.8 Å². The van der Waals surface area contributed by atoms with Crippen LogP contribution in [0.4, 0.5) is 5.82 Å². The van der Waals surface area contributed by atoms with Crippen molar-refractivity contribution in [2.75, 3.05) is 18.9 Å². The molecule has 20 nitrogen and oxygen atoms in total. The van der Waals surface area contributed by atoms with Crippen molar-refractivity contribution in [2.24, 2.45) is 5.92 Å². The highest BCUT2D eigenvalue weighted by Gasteiger charge is 2.50. The molecule has 4 aromatic rings. The number of rotatable bonds is 2. The number of fused-ring (bicyclic) bond motifs is 4. The molecule has 7 rings (SSSR count). The van der Waals surface area contributed by atoms with E-state index in [2.05, 4.69) is 24.9 Å². The van der Waals surface area contributed by atoms with Crippen LogP contribution < -0.4 is 11.3 Å². The van der Waals surface area contributed by atoms with E-state index in [-0.39, 0.29) is 29.0 Å². The zero-order valence-corrected chi connectivity index (χ0v) is 26.4. The molecule has 2 aliphatic heterocycles. The number of nitrogens with one attached hydrogen (secondary N) is 1. The highest BCUT2D eigenvalue weighted by molar-refractivity contribution is 14.1. The number of nitrogen functional groups attached to an aromatic ring is 1. The third-order valence-corrected chi connectivity index (χ3v) is 10.4. The summed E-state index contributed by atoms with van der Waals surface area (Å²) in [5.41, 5.74) is 5.78. The van der Waals surface area contributed by atoms with E-state index in [1.807, 2.05) is 22.6 Å². The van der Waals surface area contributed by atoms with Gasteiger partial charge in [-0.05, 0) is 29.0 Å². The number of halogens is 1. The van der Waals surface area contributed by atoms with Gasteiger partial charge in [-0.25, -0.2) is 29.1 Å². The van der Waals surface area contributed by atoms with Crippen LogP contribution in [0.1, 0.15) is 18.7 Å². The number of phosphoric acid groups is 2. The topological polar surface area (TPSA) is 282 Å². The number of aromatic nitrogens is 7. The van der Waals surface area contributed by atoms with Gasteiger partial charge in [-0.2, -0.15) is 0 Å². The van der Waals surface area contributed by atoms with Crippen LogP contribution in [0.25, 0.3) is 22.2 Å². The zero-order chi connectivity index (χ0) is 31.8. The molecule has 0 spiro atoms. The van der Waals surface area contributed by atoms with Gasteiger partial charge in [0, 0.05) is 15.7 Å².